The summed E-state index contributed by atoms with van der Waals surface area (Å²) in [7, 11) is 0. The molecule has 1 aromatic rings. The van der Waals surface area contributed by atoms with Gasteiger partial charge in [0.15, 0.2) is 0 Å². The Hall–Kier alpha value is -1.46. The van der Waals surface area contributed by atoms with E-state index in [1.807, 2.05) is 6.92 Å². The van der Waals surface area contributed by atoms with Gasteiger partial charge in [0.05, 0.1) is 6.04 Å². The number of nitrogens with zero attached hydrogens (tertiary/aromatic N) is 1. The van der Waals surface area contributed by atoms with Crippen LogP contribution in [0.5, 0.6) is 0 Å². The van der Waals surface area contributed by atoms with Crippen molar-refractivity contribution in [3.8, 4) is 0 Å². The molecule has 5 heteroatoms. The largest absolute Gasteiger partial charge is 0.311 e. The highest BCUT2D eigenvalue weighted by Crippen LogP contribution is 2.16. The van der Waals surface area contributed by atoms with Crippen LogP contribution in [0.2, 0.25) is 0 Å². The summed E-state index contributed by atoms with van der Waals surface area (Å²) in [5, 5.41) is 6.49. The molecule has 0 radical (unpaired) electrons. The summed E-state index contributed by atoms with van der Waals surface area (Å²) in [5.41, 5.74) is 0.605. The molecule has 0 saturated carbocycles. The maximum Gasteiger partial charge on any atom is 0.245 e. The number of hydrogen-bond acceptors (Lipinski definition) is 3. The molecule has 1 aromatic carbocycles. The van der Waals surface area contributed by atoms with Gasteiger partial charge >= 0.3 is 0 Å². The Morgan fingerprint density at radius 2 is 2.21 bits per heavy atom. The number of amides is 1. The Morgan fingerprint density at radius 3 is 2.79 bits per heavy atom. The van der Waals surface area contributed by atoms with Crippen LogP contribution in [0.25, 0.3) is 0 Å². The number of rotatable bonds is 3. The van der Waals surface area contributed by atoms with Crippen molar-refractivity contribution < 1.29 is 9.18 Å². The van der Waals surface area contributed by atoms with Gasteiger partial charge in [-0.25, -0.2) is 4.39 Å². The number of halogens is 1. The van der Waals surface area contributed by atoms with Crippen LogP contribution in [0.4, 0.5) is 10.1 Å². The molecular formula is C14H20FN3O. The highest BCUT2D eigenvalue weighted by molar-refractivity contribution is 5.97. The Bertz CT molecular complexity index is 444. The van der Waals surface area contributed by atoms with Crippen molar-refractivity contribution in [3.63, 3.8) is 0 Å². The van der Waals surface area contributed by atoms with E-state index in [2.05, 4.69) is 17.6 Å². The third kappa shape index (κ3) is 3.30. The first-order chi connectivity index (χ1) is 9.11. The summed E-state index contributed by atoms with van der Waals surface area (Å²) in [6.07, 6.45) is 0. The number of carbonyl (C=O) groups excluding carboxylic acids is 1. The molecule has 1 aliphatic heterocycles. The molecule has 1 saturated heterocycles. The van der Waals surface area contributed by atoms with Gasteiger partial charge in [0.2, 0.25) is 5.91 Å². The third-order valence-electron chi connectivity index (χ3n) is 3.34. The fraction of sp³-hybridized carbons (Fsp3) is 0.500. The van der Waals surface area contributed by atoms with Crippen LogP contribution in [-0.4, -0.2) is 37.6 Å². The molecular weight excluding hydrogens is 245 g/mol. The number of hydrogen-bond donors (Lipinski definition) is 2. The van der Waals surface area contributed by atoms with E-state index in [9.17, 15) is 9.18 Å². The first kappa shape index (κ1) is 14.0. The lowest BCUT2D eigenvalue weighted by Gasteiger charge is -2.32. The molecule has 1 aliphatic rings. The van der Waals surface area contributed by atoms with Gasteiger partial charge in [-0.15, -0.1) is 0 Å². The van der Waals surface area contributed by atoms with Crippen LogP contribution in [0.15, 0.2) is 24.3 Å². The molecule has 2 unspecified atom stereocenters. The molecule has 2 atom stereocenters. The Kier molecular flexibility index (Phi) is 4.50. The molecule has 1 heterocycles. The van der Waals surface area contributed by atoms with E-state index in [4.69, 9.17) is 0 Å². The fourth-order valence-electron chi connectivity index (χ4n) is 2.25. The highest BCUT2D eigenvalue weighted by Gasteiger charge is 2.27. The van der Waals surface area contributed by atoms with Crippen LogP contribution in [-0.2, 0) is 4.79 Å². The zero-order valence-electron chi connectivity index (χ0n) is 11.3. The lowest BCUT2D eigenvalue weighted by atomic mass is 10.1. The summed E-state index contributed by atoms with van der Waals surface area (Å²) in [6.45, 7) is 5.85. The fourth-order valence-corrected chi connectivity index (χ4v) is 2.25. The second-order valence-corrected chi connectivity index (χ2v) is 4.83. The van der Waals surface area contributed by atoms with E-state index in [1.54, 1.807) is 17.0 Å². The van der Waals surface area contributed by atoms with Gasteiger partial charge in [0.1, 0.15) is 5.82 Å². The SMILES string of the molecule is CCN(C(=O)C1CNC(C)CN1)c1cccc(F)c1. The minimum Gasteiger partial charge on any atom is -0.311 e. The molecule has 104 valence electrons. The molecule has 0 aliphatic carbocycles. The third-order valence-corrected chi connectivity index (χ3v) is 3.34. The van der Waals surface area contributed by atoms with Crippen molar-refractivity contribution in [2.75, 3.05) is 24.5 Å². The Labute approximate surface area is 113 Å². The lowest BCUT2D eigenvalue weighted by molar-refractivity contribution is -0.120. The van der Waals surface area contributed by atoms with Crippen molar-refractivity contribution in [2.24, 2.45) is 0 Å². The summed E-state index contributed by atoms with van der Waals surface area (Å²) in [4.78, 5) is 14.1. The van der Waals surface area contributed by atoms with Gasteiger partial charge in [-0.3, -0.25) is 4.79 Å². The summed E-state index contributed by atoms with van der Waals surface area (Å²) >= 11 is 0. The lowest BCUT2D eigenvalue weighted by Crippen LogP contribution is -2.59. The normalized spacial score (nSPS) is 23.1. The topological polar surface area (TPSA) is 44.4 Å². The van der Waals surface area contributed by atoms with Crippen LogP contribution in [0, 0.1) is 5.82 Å². The first-order valence-corrected chi connectivity index (χ1v) is 6.65. The van der Waals surface area contributed by atoms with Gasteiger partial charge < -0.3 is 15.5 Å². The Balaban J connectivity index is 2.11. The predicted octanol–water partition coefficient (Wildman–Crippen LogP) is 1.13. The quantitative estimate of drug-likeness (QED) is 0.861. The van der Waals surface area contributed by atoms with E-state index in [-0.39, 0.29) is 17.8 Å². The van der Waals surface area contributed by atoms with E-state index < -0.39 is 0 Å². The zero-order chi connectivity index (χ0) is 13.8. The van der Waals surface area contributed by atoms with Crippen molar-refractivity contribution >= 4 is 11.6 Å². The van der Waals surface area contributed by atoms with E-state index >= 15 is 0 Å². The number of piperazine rings is 1. The monoisotopic (exact) mass is 265 g/mol. The summed E-state index contributed by atoms with van der Waals surface area (Å²) < 4.78 is 13.3. The van der Waals surface area contributed by atoms with E-state index in [1.165, 1.54) is 12.1 Å². The molecule has 1 amide bonds. The van der Waals surface area contributed by atoms with Gasteiger partial charge in [-0.05, 0) is 32.0 Å². The van der Waals surface area contributed by atoms with Crippen molar-refractivity contribution in [1.29, 1.82) is 0 Å². The average Bonchev–Trinajstić information content (AvgIpc) is 2.40. The minimum absolute atomic E-state index is 0.0208. The summed E-state index contributed by atoms with van der Waals surface area (Å²) in [5.74, 6) is -0.348. The smallest absolute Gasteiger partial charge is 0.245 e. The van der Waals surface area contributed by atoms with Gasteiger partial charge in [-0.2, -0.15) is 0 Å². The molecule has 2 rings (SSSR count). The summed E-state index contributed by atoms with van der Waals surface area (Å²) in [6, 6.07) is 6.26. The molecule has 4 nitrogen and oxygen atoms in total. The number of carbonyl (C=O) groups is 1. The number of likely N-dealkylation sites (N-methyl/N-ethyl adjacent to an activating group) is 1. The number of anilines is 1. The highest BCUT2D eigenvalue weighted by atomic mass is 19.1. The second-order valence-electron chi connectivity index (χ2n) is 4.83. The van der Waals surface area contributed by atoms with Crippen LogP contribution < -0.4 is 15.5 Å². The Morgan fingerprint density at radius 1 is 1.42 bits per heavy atom. The van der Waals surface area contributed by atoms with Crippen LogP contribution in [0.1, 0.15) is 13.8 Å². The van der Waals surface area contributed by atoms with Gasteiger partial charge in [0.25, 0.3) is 0 Å². The van der Waals surface area contributed by atoms with Gasteiger partial charge in [0, 0.05) is 31.4 Å². The predicted molar refractivity (Wildman–Crippen MR) is 73.7 cm³/mol. The molecule has 1 fully saturated rings. The molecule has 2 N–H and O–H groups in total. The van der Waals surface area contributed by atoms with E-state index in [0.717, 1.165) is 6.54 Å². The standard InChI is InChI=1S/C14H20FN3O/c1-3-18(12-6-4-5-11(15)7-12)14(19)13-9-16-10(2)8-17-13/h4-7,10,13,16-17H,3,8-9H2,1-2H3. The minimum atomic E-state index is -0.327. The average molecular weight is 265 g/mol. The maximum absolute atomic E-state index is 13.3. The molecule has 0 spiro atoms. The van der Waals surface area contributed by atoms with Crippen molar-refractivity contribution in [2.45, 2.75) is 25.9 Å². The molecule has 0 aromatic heterocycles. The van der Waals surface area contributed by atoms with E-state index in [0.29, 0.717) is 24.8 Å². The first-order valence-electron chi connectivity index (χ1n) is 6.65. The second kappa shape index (κ2) is 6.12. The number of benzene rings is 1. The molecule has 0 bridgehead atoms. The molecule has 19 heavy (non-hydrogen) atoms. The maximum atomic E-state index is 13.3. The van der Waals surface area contributed by atoms with Crippen LogP contribution >= 0.6 is 0 Å². The van der Waals surface area contributed by atoms with Gasteiger partial charge in [-0.1, -0.05) is 6.07 Å². The van der Waals surface area contributed by atoms with Crippen LogP contribution in [0.3, 0.4) is 0 Å². The van der Waals surface area contributed by atoms with Crippen molar-refractivity contribution in [1.82, 2.24) is 10.6 Å². The number of nitrogens with one attached hydrogen (secondary N) is 2. The zero-order valence-corrected chi connectivity index (χ0v) is 11.3. The van der Waals surface area contributed by atoms with Crippen molar-refractivity contribution in [3.05, 3.63) is 30.1 Å².